The Bertz CT molecular complexity index is 1190. The van der Waals surface area contributed by atoms with Gasteiger partial charge in [-0.2, -0.15) is 22.8 Å². The van der Waals surface area contributed by atoms with Crippen LogP contribution in [0, 0.1) is 11.3 Å². The number of hydrogen-bond acceptors (Lipinski definition) is 4. The van der Waals surface area contributed by atoms with Crippen LogP contribution in [0.15, 0.2) is 42.5 Å². The van der Waals surface area contributed by atoms with Crippen molar-refractivity contribution in [1.82, 2.24) is 4.90 Å². The van der Waals surface area contributed by atoms with Crippen LogP contribution in [-0.2, 0) is 12.6 Å². The van der Waals surface area contributed by atoms with Crippen molar-refractivity contribution in [2.75, 3.05) is 4.90 Å². The van der Waals surface area contributed by atoms with E-state index in [9.17, 15) is 27.9 Å². The van der Waals surface area contributed by atoms with Gasteiger partial charge in [0.05, 0.1) is 35.7 Å². The Balaban J connectivity index is 1.69. The standard InChI is InChI=1S/C24H22F4N4O3/c25-23(35,12-14-5-7-15(8-6-14)21(30)33)32-20-4-2-1-3-19(20)31(22(32)34)17-10-9-16(13-29)18(11-17)24(26,27)28/h5-11,19-20,35H,1-4,12H2,(H2,30,33)/t19-,20-,23?/m0/s1. The number of nitrogens with zero attached hydrogens (tertiary/aromatic N) is 3. The van der Waals surface area contributed by atoms with E-state index in [1.54, 1.807) is 0 Å². The number of amides is 3. The Morgan fingerprint density at radius 3 is 2.29 bits per heavy atom. The fraction of sp³-hybridized carbons (Fsp3) is 0.375. The molecule has 7 nitrogen and oxygen atoms in total. The van der Waals surface area contributed by atoms with Gasteiger partial charge >= 0.3 is 12.2 Å². The van der Waals surface area contributed by atoms with Crippen molar-refractivity contribution in [3.05, 3.63) is 64.7 Å². The number of nitrogens with two attached hydrogens (primary N) is 1. The van der Waals surface area contributed by atoms with Crippen LogP contribution in [0.2, 0.25) is 0 Å². The lowest BCUT2D eigenvalue weighted by atomic mass is 9.89. The largest absolute Gasteiger partial charge is 0.417 e. The number of halogens is 4. The molecular weight excluding hydrogens is 468 g/mol. The number of carbonyl (C=O) groups is 2. The lowest BCUT2D eigenvalue weighted by Gasteiger charge is -2.36. The molecule has 11 heteroatoms. The predicted octanol–water partition coefficient (Wildman–Crippen LogP) is 4.09. The van der Waals surface area contributed by atoms with Crippen LogP contribution < -0.4 is 10.6 Å². The zero-order valence-corrected chi connectivity index (χ0v) is 18.4. The molecule has 35 heavy (non-hydrogen) atoms. The summed E-state index contributed by atoms with van der Waals surface area (Å²) in [5, 5.41) is 19.8. The van der Waals surface area contributed by atoms with E-state index in [2.05, 4.69) is 0 Å². The van der Waals surface area contributed by atoms with Gasteiger partial charge in [-0.1, -0.05) is 25.0 Å². The Morgan fingerprint density at radius 2 is 1.71 bits per heavy atom. The molecule has 3 N–H and O–H groups in total. The number of nitriles is 1. The van der Waals surface area contributed by atoms with Gasteiger partial charge in [0, 0.05) is 11.3 Å². The molecule has 1 saturated heterocycles. The van der Waals surface area contributed by atoms with Crippen LogP contribution in [0.3, 0.4) is 0 Å². The molecule has 1 aliphatic carbocycles. The molecule has 2 aromatic carbocycles. The van der Waals surface area contributed by atoms with Crippen LogP contribution >= 0.6 is 0 Å². The highest BCUT2D eigenvalue weighted by molar-refractivity contribution is 5.96. The summed E-state index contributed by atoms with van der Waals surface area (Å²) in [5.74, 6) is -3.82. The molecule has 0 bridgehead atoms. The summed E-state index contributed by atoms with van der Waals surface area (Å²) in [7, 11) is 0. The SMILES string of the molecule is N#Cc1ccc(N2C(=O)N(C(O)(F)Cc3ccc(C(N)=O)cc3)[C@H]3CCCC[C@@H]32)cc1C(F)(F)F. The third-order valence-electron chi connectivity index (χ3n) is 6.51. The van der Waals surface area contributed by atoms with E-state index in [0.29, 0.717) is 36.6 Å². The van der Waals surface area contributed by atoms with Crippen molar-refractivity contribution in [3.63, 3.8) is 0 Å². The van der Waals surface area contributed by atoms with E-state index in [0.717, 1.165) is 11.0 Å². The first-order valence-corrected chi connectivity index (χ1v) is 11.0. The smallest absolute Gasteiger partial charge is 0.366 e. The van der Waals surface area contributed by atoms with Crippen molar-refractivity contribution in [1.29, 1.82) is 5.26 Å². The summed E-state index contributed by atoms with van der Waals surface area (Å²) in [5.41, 5.74) is 3.77. The Kier molecular flexibility index (Phi) is 6.19. The second kappa shape index (κ2) is 8.85. The van der Waals surface area contributed by atoms with Crippen molar-refractivity contribution >= 4 is 17.6 Å². The number of primary amides is 1. The minimum Gasteiger partial charge on any atom is -0.366 e. The van der Waals surface area contributed by atoms with Crippen molar-refractivity contribution < 1.29 is 32.3 Å². The molecule has 1 saturated carbocycles. The Hall–Kier alpha value is -3.65. The van der Waals surface area contributed by atoms with Crippen LogP contribution in [0.25, 0.3) is 0 Å². The van der Waals surface area contributed by atoms with Crippen molar-refractivity contribution in [2.24, 2.45) is 5.73 Å². The summed E-state index contributed by atoms with van der Waals surface area (Å²) in [6, 6.07) is 7.57. The van der Waals surface area contributed by atoms with E-state index >= 15 is 4.39 Å². The highest BCUT2D eigenvalue weighted by Crippen LogP contribution is 2.43. The van der Waals surface area contributed by atoms with Gasteiger partial charge in [-0.15, -0.1) is 0 Å². The van der Waals surface area contributed by atoms with Crippen LogP contribution in [0.4, 0.5) is 28.0 Å². The van der Waals surface area contributed by atoms with E-state index in [4.69, 9.17) is 11.0 Å². The second-order valence-corrected chi connectivity index (χ2v) is 8.74. The maximum atomic E-state index is 15.8. The van der Waals surface area contributed by atoms with Gasteiger partial charge in [0.25, 0.3) is 5.98 Å². The van der Waals surface area contributed by atoms with E-state index < -0.39 is 53.7 Å². The molecule has 2 aromatic rings. The maximum absolute atomic E-state index is 15.8. The molecule has 2 aliphatic rings. The highest BCUT2D eigenvalue weighted by Gasteiger charge is 2.55. The Morgan fingerprint density at radius 1 is 1.09 bits per heavy atom. The summed E-state index contributed by atoms with van der Waals surface area (Å²) in [6.45, 7) is 0. The maximum Gasteiger partial charge on any atom is 0.417 e. The third-order valence-corrected chi connectivity index (χ3v) is 6.51. The molecular formula is C24H22F4N4O3. The first kappa shape index (κ1) is 24.5. The molecule has 3 atom stereocenters. The Labute approximate surface area is 198 Å². The third kappa shape index (κ3) is 4.53. The average Bonchev–Trinajstić information content (AvgIpc) is 3.10. The lowest BCUT2D eigenvalue weighted by molar-refractivity contribution is -0.194. The van der Waals surface area contributed by atoms with E-state index in [-0.39, 0.29) is 16.8 Å². The van der Waals surface area contributed by atoms with Crippen molar-refractivity contribution in [3.8, 4) is 6.07 Å². The zero-order valence-electron chi connectivity index (χ0n) is 18.4. The van der Waals surface area contributed by atoms with E-state index in [1.165, 1.54) is 36.4 Å². The number of alkyl halides is 4. The highest BCUT2D eigenvalue weighted by atomic mass is 19.4. The number of hydrogen-bond donors (Lipinski definition) is 2. The van der Waals surface area contributed by atoms with Gasteiger partial charge in [-0.3, -0.25) is 14.6 Å². The van der Waals surface area contributed by atoms with Crippen LogP contribution in [-0.4, -0.2) is 40.0 Å². The van der Waals surface area contributed by atoms with Gasteiger partial charge in [0.2, 0.25) is 5.91 Å². The quantitative estimate of drug-likeness (QED) is 0.486. The first-order chi connectivity index (χ1) is 16.4. The fourth-order valence-corrected chi connectivity index (χ4v) is 4.94. The molecule has 2 fully saturated rings. The summed E-state index contributed by atoms with van der Waals surface area (Å²) >= 11 is 0. The van der Waals surface area contributed by atoms with Gasteiger partial charge in [-0.05, 0) is 48.7 Å². The fourth-order valence-electron chi connectivity index (χ4n) is 4.94. The molecule has 184 valence electrons. The number of anilines is 1. The number of carbonyl (C=O) groups excluding carboxylic acids is 2. The molecule has 1 heterocycles. The predicted molar refractivity (Wildman–Crippen MR) is 117 cm³/mol. The monoisotopic (exact) mass is 490 g/mol. The van der Waals surface area contributed by atoms with Crippen LogP contribution in [0.5, 0.6) is 0 Å². The first-order valence-electron chi connectivity index (χ1n) is 11.0. The topological polar surface area (TPSA) is 111 Å². The van der Waals surface area contributed by atoms with Crippen LogP contribution in [0.1, 0.15) is 52.7 Å². The number of fused-ring (bicyclic) bond motifs is 1. The summed E-state index contributed by atoms with van der Waals surface area (Å²) < 4.78 is 56.3. The normalized spacial score (nSPS) is 21.9. The average molecular weight is 490 g/mol. The number of rotatable bonds is 5. The lowest BCUT2D eigenvalue weighted by Crippen LogP contribution is -2.53. The summed E-state index contributed by atoms with van der Waals surface area (Å²) in [6.07, 6.45) is -3.33. The summed E-state index contributed by atoms with van der Waals surface area (Å²) in [4.78, 5) is 26.5. The molecule has 4 rings (SSSR count). The number of urea groups is 1. The molecule has 0 radical (unpaired) electrons. The minimum absolute atomic E-state index is 0.123. The molecule has 1 unspecified atom stereocenters. The van der Waals surface area contributed by atoms with Gasteiger partial charge in [-0.25, -0.2) is 4.79 Å². The second-order valence-electron chi connectivity index (χ2n) is 8.74. The molecule has 3 amide bonds. The van der Waals surface area contributed by atoms with Crippen molar-refractivity contribution in [2.45, 2.75) is 56.3 Å². The van der Waals surface area contributed by atoms with Gasteiger partial charge in [0.1, 0.15) is 0 Å². The van der Waals surface area contributed by atoms with Gasteiger partial charge in [0.15, 0.2) is 0 Å². The molecule has 0 spiro atoms. The number of benzene rings is 2. The minimum atomic E-state index is -4.83. The van der Waals surface area contributed by atoms with Gasteiger partial charge < -0.3 is 10.8 Å². The molecule has 1 aliphatic heterocycles. The zero-order chi connectivity index (χ0) is 25.5. The van der Waals surface area contributed by atoms with E-state index in [1.807, 2.05) is 0 Å². The number of aliphatic hydroxyl groups is 1. The molecule has 0 aromatic heterocycles.